The van der Waals surface area contributed by atoms with E-state index in [0.717, 1.165) is 35.7 Å². The summed E-state index contributed by atoms with van der Waals surface area (Å²) in [6.07, 6.45) is 5.77. The van der Waals surface area contributed by atoms with E-state index in [1.807, 2.05) is 24.3 Å². The van der Waals surface area contributed by atoms with Crippen LogP contribution in [0.1, 0.15) is 45.9 Å². The van der Waals surface area contributed by atoms with Crippen molar-refractivity contribution >= 4 is 16.7 Å². The van der Waals surface area contributed by atoms with Gasteiger partial charge in [-0.25, -0.2) is 4.98 Å². The highest BCUT2D eigenvalue weighted by Gasteiger charge is 2.27. The molecule has 0 bridgehead atoms. The predicted octanol–water partition coefficient (Wildman–Crippen LogP) is 5.06. The lowest BCUT2D eigenvalue weighted by atomic mass is 9.73. The Morgan fingerprint density at radius 1 is 1.21 bits per heavy atom. The molecule has 3 rings (SSSR count). The summed E-state index contributed by atoms with van der Waals surface area (Å²) in [5.74, 6) is 1.58. The number of para-hydroxylation sites is 2. The van der Waals surface area contributed by atoms with Gasteiger partial charge >= 0.3 is 0 Å². The standard InChI is InChI=1S/C17H21NO/c1-17(2,3)13-10-8-12(9-11-13)16-18-14-6-4-5-7-15(14)19-16/h4-8,13H,9-11H2,1-3H3. The van der Waals surface area contributed by atoms with Gasteiger partial charge in [-0.2, -0.15) is 0 Å². The molecule has 0 spiro atoms. The molecule has 1 atom stereocenters. The Morgan fingerprint density at radius 3 is 2.63 bits per heavy atom. The smallest absolute Gasteiger partial charge is 0.222 e. The second-order valence-corrected chi connectivity index (χ2v) is 6.55. The molecule has 2 nitrogen and oxygen atoms in total. The fraction of sp³-hybridized carbons (Fsp3) is 0.471. The highest BCUT2D eigenvalue weighted by Crippen LogP contribution is 2.39. The van der Waals surface area contributed by atoms with E-state index in [-0.39, 0.29) is 0 Å². The quantitative estimate of drug-likeness (QED) is 0.712. The molecule has 0 saturated carbocycles. The molecule has 100 valence electrons. The summed E-state index contributed by atoms with van der Waals surface area (Å²) in [6, 6.07) is 7.97. The first kappa shape index (κ1) is 12.5. The molecule has 1 aliphatic carbocycles. The van der Waals surface area contributed by atoms with E-state index >= 15 is 0 Å². The van der Waals surface area contributed by atoms with Crippen molar-refractivity contribution in [2.45, 2.75) is 40.0 Å². The molecule has 0 amide bonds. The Balaban J connectivity index is 1.86. The molecule has 0 fully saturated rings. The Kier molecular flexibility index (Phi) is 2.96. The van der Waals surface area contributed by atoms with Crippen LogP contribution in [-0.4, -0.2) is 4.98 Å². The molecule has 0 saturated heterocycles. The molecule has 1 heterocycles. The maximum absolute atomic E-state index is 5.85. The van der Waals surface area contributed by atoms with Gasteiger partial charge in [0.15, 0.2) is 5.58 Å². The van der Waals surface area contributed by atoms with Crippen molar-refractivity contribution in [3.8, 4) is 0 Å². The number of allylic oxidation sites excluding steroid dienone is 2. The lowest BCUT2D eigenvalue weighted by Gasteiger charge is -2.32. The normalized spacial score (nSPS) is 20.6. The number of fused-ring (bicyclic) bond motifs is 1. The van der Waals surface area contributed by atoms with Crippen LogP contribution in [0.5, 0.6) is 0 Å². The molecule has 1 aromatic heterocycles. The van der Waals surface area contributed by atoms with Crippen LogP contribution in [0, 0.1) is 11.3 Å². The first-order valence-electron chi connectivity index (χ1n) is 7.09. The molecule has 0 aliphatic heterocycles. The minimum Gasteiger partial charge on any atom is -0.436 e. The topological polar surface area (TPSA) is 26.0 Å². The zero-order valence-corrected chi connectivity index (χ0v) is 11.9. The maximum Gasteiger partial charge on any atom is 0.222 e. The lowest BCUT2D eigenvalue weighted by molar-refractivity contribution is 0.224. The van der Waals surface area contributed by atoms with Crippen molar-refractivity contribution in [3.05, 3.63) is 36.2 Å². The summed E-state index contributed by atoms with van der Waals surface area (Å²) in [7, 11) is 0. The Labute approximate surface area is 114 Å². The van der Waals surface area contributed by atoms with Crippen LogP contribution < -0.4 is 0 Å². The highest BCUT2D eigenvalue weighted by molar-refractivity contribution is 5.75. The number of hydrogen-bond donors (Lipinski definition) is 0. The predicted molar refractivity (Wildman–Crippen MR) is 78.8 cm³/mol. The number of rotatable bonds is 1. The van der Waals surface area contributed by atoms with E-state index in [9.17, 15) is 0 Å². The molecular formula is C17H21NO. The number of benzene rings is 1. The third-order valence-electron chi connectivity index (χ3n) is 4.20. The number of nitrogens with zero attached hydrogens (tertiary/aromatic N) is 1. The van der Waals surface area contributed by atoms with Crippen LogP contribution in [0.2, 0.25) is 0 Å². The summed E-state index contributed by atoms with van der Waals surface area (Å²) in [6.45, 7) is 6.99. The third-order valence-corrected chi connectivity index (χ3v) is 4.20. The van der Waals surface area contributed by atoms with Gasteiger partial charge in [-0.1, -0.05) is 39.0 Å². The van der Waals surface area contributed by atoms with E-state index < -0.39 is 0 Å². The summed E-state index contributed by atoms with van der Waals surface area (Å²) >= 11 is 0. The average molecular weight is 255 g/mol. The van der Waals surface area contributed by atoms with Crippen molar-refractivity contribution in [1.82, 2.24) is 4.98 Å². The molecule has 1 aromatic carbocycles. The van der Waals surface area contributed by atoms with Crippen molar-refractivity contribution in [3.63, 3.8) is 0 Å². The van der Waals surface area contributed by atoms with Crippen molar-refractivity contribution < 1.29 is 4.42 Å². The minimum atomic E-state index is 0.392. The van der Waals surface area contributed by atoms with Crippen molar-refractivity contribution in [2.75, 3.05) is 0 Å². The first-order chi connectivity index (χ1) is 9.04. The molecule has 0 radical (unpaired) electrons. The van der Waals surface area contributed by atoms with Gasteiger partial charge in [-0.05, 0) is 42.7 Å². The minimum absolute atomic E-state index is 0.392. The van der Waals surface area contributed by atoms with Gasteiger partial charge in [0.1, 0.15) is 5.52 Å². The second-order valence-electron chi connectivity index (χ2n) is 6.55. The first-order valence-corrected chi connectivity index (χ1v) is 7.09. The summed E-state index contributed by atoms with van der Waals surface area (Å²) in [5, 5.41) is 0. The van der Waals surface area contributed by atoms with Gasteiger partial charge in [-0.3, -0.25) is 0 Å². The van der Waals surface area contributed by atoms with Gasteiger partial charge in [0.25, 0.3) is 0 Å². The zero-order valence-electron chi connectivity index (χ0n) is 11.9. The summed E-state index contributed by atoms with van der Waals surface area (Å²) in [5.41, 5.74) is 3.51. The highest BCUT2D eigenvalue weighted by atomic mass is 16.3. The number of aromatic nitrogens is 1. The molecule has 0 N–H and O–H groups in total. The average Bonchev–Trinajstić information content (AvgIpc) is 2.81. The summed E-state index contributed by atoms with van der Waals surface area (Å²) < 4.78 is 5.85. The van der Waals surface area contributed by atoms with Crippen LogP contribution in [0.15, 0.2) is 34.8 Å². The second kappa shape index (κ2) is 4.52. The van der Waals surface area contributed by atoms with Crippen LogP contribution in [-0.2, 0) is 0 Å². The van der Waals surface area contributed by atoms with Gasteiger partial charge in [0.2, 0.25) is 5.89 Å². The number of hydrogen-bond acceptors (Lipinski definition) is 2. The van der Waals surface area contributed by atoms with Crippen molar-refractivity contribution in [1.29, 1.82) is 0 Å². The third kappa shape index (κ3) is 2.44. The lowest BCUT2D eigenvalue weighted by Crippen LogP contribution is -2.21. The Morgan fingerprint density at radius 2 is 2.00 bits per heavy atom. The fourth-order valence-electron chi connectivity index (χ4n) is 2.82. The van der Waals surface area contributed by atoms with Crippen LogP contribution in [0.4, 0.5) is 0 Å². The zero-order chi connectivity index (χ0) is 13.5. The van der Waals surface area contributed by atoms with Crippen LogP contribution in [0.3, 0.4) is 0 Å². The van der Waals surface area contributed by atoms with E-state index in [0.29, 0.717) is 5.41 Å². The molecule has 2 heteroatoms. The molecule has 1 aliphatic rings. The van der Waals surface area contributed by atoms with Gasteiger partial charge in [0, 0.05) is 5.57 Å². The molecule has 2 aromatic rings. The van der Waals surface area contributed by atoms with E-state index in [1.54, 1.807) is 0 Å². The maximum atomic E-state index is 5.85. The van der Waals surface area contributed by atoms with E-state index in [1.165, 1.54) is 12.0 Å². The molecular weight excluding hydrogens is 234 g/mol. The fourth-order valence-corrected chi connectivity index (χ4v) is 2.82. The van der Waals surface area contributed by atoms with Crippen molar-refractivity contribution in [2.24, 2.45) is 11.3 Å². The van der Waals surface area contributed by atoms with Crippen LogP contribution >= 0.6 is 0 Å². The van der Waals surface area contributed by atoms with Gasteiger partial charge in [-0.15, -0.1) is 0 Å². The Hall–Kier alpha value is -1.57. The van der Waals surface area contributed by atoms with Gasteiger partial charge in [0.05, 0.1) is 0 Å². The van der Waals surface area contributed by atoms with E-state index in [4.69, 9.17) is 4.42 Å². The van der Waals surface area contributed by atoms with Crippen LogP contribution in [0.25, 0.3) is 16.7 Å². The number of oxazole rings is 1. The Bertz CT molecular complexity index is 582. The molecule has 19 heavy (non-hydrogen) atoms. The SMILES string of the molecule is CC(C)(C)C1CC=C(c2nc3ccccc3o2)CC1. The largest absolute Gasteiger partial charge is 0.436 e. The van der Waals surface area contributed by atoms with Gasteiger partial charge < -0.3 is 4.42 Å². The summed E-state index contributed by atoms with van der Waals surface area (Å²) in [4.78, 5) is 4.59. The monoisotopic (exact) mass is 255 g/mol. The van der Waals surface area contributed by atoms with E-state index in [2.05, 4.69) is 31.8 Å². The molecule has 1 unspecified atom stereocenters.